The highest BCUT2D eigenvalue weighted by atomic mass is 127. The Hall–Kier alpha value is -0.740. The van der Waals surface area contributed by atoms with E-state index >= 15 is 0 Å². The van der Waals surface area contributed by atoms with Crippen LogP contribution in [0.25, 0.3) is 0 Å². The molecule has 1 aromatic carbocycles. The van der Waals surface area contributed by atoms with Crippen molar-refractivity contribution in [2.45, 2.75) is 43.4 Å². The molecule has 0 spiro atoms. The van der Waals surface area contributed by atoms with Gasteiger partial charge < -0.3 is 20.3 Å². The second kappa shape index (κ2) is 12.2. The number of nitrogens with zero attached hydrogens (tertiary/aromatic N) is 2. The molecule has 0 aliphatic carbocycles. The summed E-state index contributed by atoms with van der Waals surface area (Å²) < 4.78 is 19.3. The van der Waals surface area contributed by atoms with E-state index in [0.717, 1.165) is 75.9 Å². The van der Waals surface area contributed by atoms with Crippen LogP contribution in [0.2, 0.25) is 0 Å². The maximum Gasteiger partial charge on any atom is 0.191 e. The van der Waals surface area contributed by atoms with Gasteiger partial charge in [-0.2, -0.15) is 11.8 Å². The molecule has 2 saturated heterocycles. The third kappa shape index (κ3) is 7.17. The van der Waals surface area contributed by atoms with Crippen LogP contribution in [0.1, 0.15) is 32.6 Å². The highest BCUT2D eigenvalue weighted by Gasteiger charge is 2.33. The van der Waals surface area contributed by atoms with Crippen LogP contribution >= 0.6 is 35.7 Å². The van der Waals surface area contributed by atoms with E-state index < -0.39 is 0 Å². The van der Waals surface area contributed by atoms with Crippen molar-refractivity contribution in [1.82, 2.24) is 10.6 Å². The van der Waals surface area contributed by atoms with Gasteiger partial charge in [-0.05, 0) is 49.6 Å². The molecule has 164 valence electrons. The normalized spacial score (nSPS) is 20.1. The van der Waals surface area contributed by atoms with Crippen molar-refractivity contribution in [3.8, 4) is 0 Å². The van der Waals surface area contributed by atoms with Crippen LogP contribution in [0.15, 0.2) is 29.3 Å². The van der Waals surface area contributed by atoms with Gasteiger partial charge in [0.25, 0.3) is 0 Å². The second-order valence-electron chi connectivity index (χ2n) is 7.54. The van der Waals surface area contributed by atoms with Crippen LogP contribution in [-0.4, -0.2) is 62.4 Å². The van der Waals surface area contributed by atoms with Gasteiger partial charge in [0.1, 0.15) is 5.82 Å². The molecule has 0 radical (unpaired) electrons. The minimum atomic E-state index is -0.172. The van der Waals surface area contributed by atoms with Crippen molar-refractivity contribution >= 4 is 47.4 Å². The van der Waals surface area contributed by atoms with Gasteiger partial charge in [-0.15, -0.1) is 24.0 Å². The van der Waals surface area contributed by atoms with Gasteiger partial charge in [-0.1, -0.05) is 13.0 Å². The molecule has 8 heteroatoms. The lowest BCUT2D eigenvalue weighted by atomic mass is 9.99. The summed E-state index contributed by atoms with van der Waals surface area (Å²) in [4.78, 5) is 6.69. The van der Waals surface area contributed by atoms with Crippen LogP contribution in [0.3, 0.4) is 0 Å². The van der Waals surface area contributed by atoms with Gasteiger partial charge in [0, 0.05) is 56.4 Å². The first-order valence-electron chi connectivity index (χ1n) is 10.3. The zero-order valence-corrected chi connectivity index (χ0v) is 20.6. The molecule has 0 bridgehead atoms. The summed E-state index contributed by atoms with van der Waals surface area (Å²) in [5.74, 6) is 1.83. The van der Waals surface area contributed by atoms with E-state index in [-0.39, 0.29) is 34.5 Å². The summed E-state index contributed by atoms with van der Waals surface area (Å²) in [5, 5.41) is 7.15. The number of guanidine groups is 1. The predicted molar refractivity (Wildman–Crippen MR) is 132 cm³/mol. The molecule has 1 aromatic rings. The number of halogens is 2. The van der Waals surface area contributed by atoms with Crippen molar-refractivity contribution < 1.29 is 9.13 Å². The number of hydrogen-bond donors (Lipinski definition) is 2. The summed E-state index contributed by atoms with van der Waals surface area (Å²) in [6.45, 7) is 6.67. The molecule has 3 rings (SSSR count). The highest BCUT2D eigenvalue weighted by molar-refractivity contribution is 14.0. The van der Waals surface area contributed by atoms with Gasteiger partial charge in [-0.25, -0.2) is 4.39 Å². The first kappa shape index (κ1) is 24.5. The third-order valence-corrected chi connectivity index (χ3v) is 7.12. The lowest BCUT2D eigenvalue weighted by Gasteiger charge is -2.38. The van der Waals surface area contributed by atoms with Crippen LogP contribution < -0.4 is 15.5 Å². The molecule has 5 nitrogen and oxygen atoms in total. The van der Waals surface area contributed by atoms with Gasteiger partial charge in [0.05, 0.1) is 0 Å². The number of ether oxygens (including phenoxy) is 1. The Morgan fingerprint density at radius 1 is 1.31 bits per heavy atom. The van der Waals surface area contributed by atoms with Gasteiger partial charge in [0.2, 0.25) is 0 Å². The second-order valence-corrected chi connectivity index (χ2v) is 9.27. The summed E-state index contributed by atoms with van der Waals surface area (Å²) >= 11 is 2.03. The van der Waals surface area contributed by atoms with Crippen molar-refractivity contribution in [3.63, 3.8) is 0 Å². The van der Waals surface area contributed by atoms with Gasteiger partial charge >= 0.3 is 0 Å². The summed E-state index contributed by atoms with van der Waals surface area (Å²) in [6, 6.07) is 7.26. The number of piperidine rings is 1. The van der Waals surface area contributed by atoms with E-state index in [9.17, 15) is 4.39 Å². The third-order valence-electron chi connectivity index (χ3n) is 5.67. The maximum absolute atomic E-state index is 13.5. The number of benzene rings is 1. The molecule has 0 atom stereocenters. The van der Waals surface area contributed by atoms with E-state index in [2.05, 4.69) is 27.4 Å². The standard InChI is InChI=1S/C21H33FN4OS.HI/c1-3-28-21(9-13-27-14-10-21)16-24-20(23-2)25-18-7-11-26(12-8-18)19-6-4-5-17(22)15-19;/h4-6,15,18H,3,7-14,16H2,1-2H3,(H2,23,24,25);1H. The molecule has 0 aromatic heterocycles. The number of aliphatic imine (C=N–C) groups is 1. The Morgan fingerprint density at radius 3 is 2.66 bits per heavy atom. The van der Waals surface area contributed by atoms with Crippen molar-refractivity contribution in [2.24, 2.45) is 4.99 Å². The monoisotopic (exact) mass is 536 g/mol. The van der Waals surface area contributed by atoms with E-state index in [1.54, 1.807) is 12.1 Å². The van der Waals surface area contributed by atoms with E-state index in [4.69, 9.17) is 4.74 Å². The smallest absolute Gasteiger partial charge is 0.191 e. The minimum Gasteiger partial charge on any atom is -0.381 e. The van der Waals surface area contributed by atoms with Crippen LogP contribution in [0, 0.1) is 5.82 Å². The number of nitrogens with one attached hydrogen (secondary N) is 2. The topological polar surface area (TPSA) is 48.9 Å². The first-order valence-corrected chi connectivity index (χ1v) is 11.3. The Kier molecular flexibility index (Phi) is 10.3. The molecule has 2 N–H and O–H groups in total. The fourth-order valence-electron chi connectivity index (χ4n) is 4.01. The fraction of sp³-hybridized carbons (Fsp3) is 0.667. The van der Waals surface area contributed by atoms with Crippen molar-refractivity contribution in [3.05, 3.63) is 30.1 Å². The summed E-state index contributed by atoms with van der Waals surface area (Å²) in [7, 11) is 1.83. The number of thioether (sulfide) groups is 1. The molecule has 2 fully saturated rings. The summed E-state index contributed by atoms with van der Waals surface area (Å²) in [6.07, 6.45) is 4.20. The maximum atomic E-state index is 13.5. The number of rotatable bonds is 6. The quantitative estimate of drug-likeness (QED) is 0.329. The molecule has 0 amide bonds. The zero-order chi connectivity index (χ0) is 19.8. The minimum absolute atomic E-state index is 0. The lowest BCUT2D eigenvalue weighted by Crippen LogP contribution is -2.52. The molecule has 29 heavy (non-hydrogen) atoms. The Balaban J connectivity index is 0.00000300. The molecule has 0 saturated carbocycles. The summed E-state index contributed by atoms with van der Waals surface area (Å²) in [5.41, 5.74) is 0.971. The zero-order valence-electron chi connectivity index (χ0n) is 17.5. The fourth-order valence-corrected chi connectivity index (χ4v) is 5.25. The average molecular weight is 536 g/mol. The van der Waals surface area contributed by atoms with Crippen LogP contribution in [0.5, 0.6) is 0 Å². The van der Waals surface area contributed by atoms with Crippen LogP contribution in [0.4, 0.5) is 10.1 Å². The average Bonchev–Trinajstić information content (AvgIpc) is 2.72. The molecular weight excluding hydrogens is 502 g/mol. The number of anilines is 1. The first-order chi connectivity index (χ1) is 13.6. The Labute approximate surface area is 195 Å². The van der Waals surface area contributed by atoms with E-state index in [1.165, 1.54) is 6.07 Å². The Bertz CT molecular complexity index is 644. The highest BCUT2D eigenvalue weighted by Crippen LogP contribution is 2.34. The van der Waals surface area contributed by atoms with Gasteiger partial charge in [-0.3, -0.25) is 4.99 Å². The van der Waals surface area contributed by atoms with Crippen LogP contribution in [-0.2, 0) is 4.74 Å². The lowest BCUT2D eigenvalue weighted by molar-refractivity contribution is 0.0782. The van der Waals surface area contributed by atoms with Crippen molar-refractivity contribution in [1.29, 1.82) is 0 Å². The predicted octanol–water partition coefficient (Wildman–Crippen LogP) is 3.88. The molecule has 2 heterocycles. The molecular formula is C21H34FIN4OS. The molecule has 0 unspecified atom stereocenters. The van der Waals surface area contributed by atoms with E-state index in [1.807, 2.05) is 24.9 Å². The number of hydrogen-bond acceptors (Lipinski definition) is 4. The van der Waals surface area contributed by atoms with Gasteiger partial charge in [0.15, 0.2) is 5.96 Å². The Morgan fingerprint density at radius 2 is 2.03 bits per heavy atom. The SMILES string of the molecule is CCSC1(CNC(=NC)NC2CCN(c3cccc(F)c3)CC2)CCOCC1.I. The van der Waals surface area contributed by atoms with Crippen molar-refractivity contribution in [2.75, 3.05) is 50.5 Å². The molecule has 2 aliphatic heterocycles. The van der Waals surface area contributed by atoms with E-state index in [0.29, 0.717) is 6.04 Å². The molecule has 2 aliphatic rings. The largest absolute Gasteiger partial charge is 0.381 e.